The summed E-state index contributed by atoms with van der Waals surface area (Å²) >= 11 is 0. The van der Waals surface area contributed by atoms with Crippen molar-refractivity contribution in [2.75, 3.05) is 48.9 Å². The first-order valence-corrected chi connectivity index (χ1v) is 15.2. The third kappa shape index (κ3) is 5.22. The van der Waals surface area contributed by atoms with Crippen molar-refractivity contribution >= 4 is 11.9 Å². The predicted octanol–water partition coefficient (Wildman–Crippen LogP) is 3.50. The van der Waals surface area contributed by atoms with Crippen LogP contribution < -0.4 is 38.5 Å². The summed E-state index contributed by atoms with van der Waals surface area (Å²) in [5.41, 5.74) is 3.29. The van der Waals surface area contributed by atoms with E-state index < -0.39 is 29.7 Å². The lowest BCUT2D eigenvalue weighted by atomic mass is 9.65. The highest BCUT2D eigenvalue weighted by atomic mass is 16.7. The van der Waals surface area contributed by atoms with Crippen LogP contribution in [0.5, 0.6) is 40.2 Å². The number of methoxy groups -OCH3 is 5. The van der Waals surface area contributed by atoms with Gasteiger partial charge in [0, 0.05) is 11.8 Å². The van der Waals surface area contributed by atoms with Gasteiger partial charge in [-0.05, 0) is 58.7 Å². The minimum Gasteiger partial charge on any atom is -0.493 e. The topological polar surface area (TPSA) is 151 Å². The average Bonchev–Trinajstić information content (AvgIpc) is 3.87. The Labute approximate surface area is 275 Å². The number of hydrogen-bond donors (Lipinski definition) is 1. The van der Waals surface area contributed by atoms with Crippen LogP contribution in [0.4, 0.5) is 0 Å². The molecule has 4 atom stereocenters. The second kappa shape index (κ2) is 12.5. The molecule has 4 aromatic rings. The largest absolute Gasteiger partial charge is 0.493 e. The third-order valence-corrected chi connectivity index (χ3v) is 9.08. The zero-order valence-electron chi connectivity index (χ0n) is 27.0. The summed E-state index contributed by atoms with van der Waals surface area (Å²) in [6.45, 7) is 0.511. The Hall–Kier alpha value is -5.66. The smallest absolute Gasteiger partial charge is 0.310 e. The molecule has 1 aliphatic carbocycles. The van der Waals surface area contributed by atoms with Gasteiger partial charge in [-0.1, -0.05) is 11.3 Å². The molecule has 0 bridgehead atoms. The number of rotatable bonds is 10. The van der Waals surface area contributed by atoms with Gasteiger partial charge in [0.25, 0.3) is 5.91 Å². The molecular weight excluding hydrogens is 624 g/mol. The quantitative estimate of drug-likeness (QED) is 0.249. The van der Waals surface area contributed by atoms with Gasteiger partial charge in [0.1, 0.15) is 0 Å². The Bertz CT molecular complexity index is 1870. The fourth-order valence-corrected chi connectivity index (χ4v) is 6.89. The van der Waals surface area contributed by atoms with E-state index in [2.05, 4.69) is 15.6 Å². The third-order valence-electron chi connectivity index (χ3n) is 9.08. The van der Waals surface area contributed by atoms with E-state index in [4.69, 9.17) is 37.9 Å². The fourth-order valence-electron chi connectivity index (χ4n) is 6.89. The maximum absolute atomic E-state index is 13.8. The first-order chi connectivity index (χ1) is 23.4. The molecule has 1 amide bonds. The normalized spacial score (nSPS) is 20.3. The molecule has 0 spiro atoms. The first kappa shape index (κ1) is 31.0. The summed E-state index contributed by atoms with van der Waals surface area (Å²) in [7, 11) is 7.74. The van der Waals surface area contributed by atoms with Crippen LogP contribution in [0, 0.1) is 11.8 Å². The minimum absolute atomic E-state index is 0.0577. The van der Waals surface area contributed by atoms with E-state index in [0.717, 1.165) is 22.3 Å². The van der Waals surface area contributed by atoms with Crippen LogP contribution in [-0.2, 0) is 16.1 Å². The molecule has 7 rings (SSSR count). The van der Waals surface area contributed by atoms with Crippen molar-refractivity contribution in [2.24, 2.45) is 11.8 Å². The number of amides is 1. The van der Waals surface area contributed by atoms with E-state index in [9.17, 15) is 9.59 Å². The van der Waals surface area contributed by atoms with Crippen molar-refractivity contribution in [1.82, 2.24) is 20.3 Å². The molecule has 1 aromatic heterocycles. The Morgan fingerprint density at radius 1 is 0.854 bits per heavy atom. The molecule has 48 heavy (non-hydrogen) atoms. The number of hydrogen-bond acceptors (Lipinski definition) is 12. The lowest BCUT2D eigenvalue weighted by molar-refractivity contribution is -0.141. The molecule has 250 valence electrons. The Kier molecular flexibility index (Phi) is 8.07. The lowest BCUT2D eigenvalue weighted by Crippen LogP contribution is -2.43. The lowest BCUT2D eigenvalue weighted by Gasteiger charge is -2.39. The van der Waals surface area contributed by atoms with E-state index in [-0.39, 0.29) is 25.1 Å². The van der Waals surface area contributed by atoms with Crippen molar-refractivity contribution in [1.29, 1.82) is 0 Å². The summed E-state index contributed by atoms with van der Waals surface area (Å²) in [6.07, 6.45) is 1.57. The van der Waals surface area contributed by atoms with Gasteiger partial charge in [-0.3, -0.25) is 9.59 Å². The van der Waals surface area contributed by atoms with Crippen molar-refractivity contribution < 1.29 is 47.5 Å². The highest BCUT2D eigenvalue weighted by Crippen LogP contribution is 2.55. The van der Waals surface area contributed by atoms with E-state index in [0.29, 0.717) is 46.8 Å². The molecule has 3 heterocycles. The molecule has 3 aliphatic rings. The molecular formula is C34H34N4O10. The van der Waals surface area contributed by atoms with Crippen molar-refractivity contribution in [3.63, 3.8) is 0 Å². The minimum atomic E-state index is -0.647. The molecule has 3 aromatic carbocycles. The van der Waals surface area contributed by atoms with Crippen LogP contribution in [0.3, 0.4) is 0 Å². The molecule has 2 aliphatic heterocycles. The molecule has 14 heteroatoms. The number of ether oxygens (including phenoxy) is 8. The Balaban J connectivity index is 1.24. The van der Waals surface area contributed by atoms with Crippen LogP contribution in [0.2, 0.25) is 0 Å². The van der Waals surface area contributed by atoms with Gasteiger partial charge in [-0.15, -0.1) is 5.10 Å². The van der Waals surface area contributed by atoms with Gasteiger partial charge < -0.3 is 43.2 Å². The van der Waals surface area contributed by atoms with Gasteiger partial charge in [0.05, 0.1) is 66.9 Å². The zero-order valence-corrected chi connectivity index (χ0v) is 27.0. The molecule has 1 N–H and O–H groups in total. The van der Waals surface area contributed by atoms with E-state index in [1.807, 2.05) is 36.4 Å². The van der Waals surface area contributed by atoms with Gasteiger partial charge >= 0.3 is 5.97 Å². The molecule has 1 fully saturated rings. The van der Waals surface area contributed by atoms with Crippen LogP contribution in [0.15, 0.2) is 48.7 Å². The summed E-state index contributed by atoms with van der Waals surface area (Å²) in [5.74, 6) is 1.22. The monoisotopic (exact) mass is 658 g/mol. The van der Waals surface area contributed by atoms with Crippen LogP contribution in [-0.4, -0.2) is 75.8 Å². The van der Waals surface area contributed by atoms with E-state index in [1.165, 1.54) is 21.3 Å². The predicted molar refractivity (Wildman–Crippen MR) is 167 cm³/mol. The van der Waals surface area contributed by atoms with Gasteiger partial charge in [-0.2, -0.15) is 0 Å². The number of nitrogens with zero attached hydrogens (tertiary/aromatic N) is 3. The van der Waals surface area contributed by atoms with Gasteiger partial charge in [0.15, 0.2) is 40.2 Å². The number of carbonyl (C=O) groups excluding carboxylic acids is 2. The number of esters is 1. The number of aromatic nitrogens is 3. The van der Waals surface area contributed by atoms with Crippen LogP contribution >= 0.6 is 0 Å². The van der Waals surface area contributed by atoms with E-state index >= 15 is 0 Å². The van der Waals surface area contributed by atoms with Crippen LogP contribution in [0.1, 0.15) is 44.7 Å². The molecule has 1 saturated heterocycles. The summed E-state index contributed by atoms with van der Waals surface area (Å²) < 4.78 is 46.3. The molecule has 0 saturated carbocycles. The SMILES string of the molecule is COc1ccc(Cn2cc(C(=O)N[C@@H]3c4cc5c(cc4[C@@H](c4cc(OC)c(OC)c(OC)c4)[C@H]4C(=O)OC[C@@H]43)OCO5)nn2)cc1OC. The molecule has 0 unspecified atom stereocenters. The van der Waals surface area contributed by atoms with Gasteiger partial charge in [-0.25, -0.2) is 4.68 Å². The Morgan fingerprint density at radius 2 is 1.54 bits per heavy atom. The standard InChI is InChI=1S/C34H34N4O10/c1-41-23-7-6-17(8-24(23)42-2)13-38-14-22(36-37-38)33(39)35-31-20-12-26-25(47-16-48-26)11-19(20)29(30-21(31)15-46-34(30)40)18-9-27(43-3)32(45-5)28(10-18)44-4/h6-12,14,21,29-31H,13,15-16H2,1-5H3,(H,35,39)/t21-,29+,30-,31+/m0/s1. The van der Waals surface area contributed by atoms with Crippen molar-refractivity contribution in [2.45, 2.75) is 18.5 Å². The highest BCUT2D eigenvalue weighted by Gasteiger charge is 2.53. The van der Waals surface area contributed by atoms with Crippen molar-refractivity contribution in [3.05, 3.63) is 76.6 Å². The number of benzene rings is 3. The van der Waals surface area contributed by atoms with Crippen molar-refractivity contribution in [3.8, 4) is 40.2 Å². The molecule has 14 nitrogen and oxygen atoms in total. The first-order valence-electron chi connectivity index (χ1n) is 15.2. The zero-order chi connectivity index (χ0) is 33.5. The molecule has 0 radical (unpaired) electrons. The summed E-state index contributed by atoms with van der Waals surface area (Å²) in [6, 6.07) is 12.3. The maximum atomic E-state index is 13.8. The number of cyclic esters (lactones) is 1. The highest BCUT2D eigenvalue weighted by molar-refractivity contribution is 5.92. The van der Waals surface area contributed by atoms with Gasteiger partial charge in [0.2, 0.25) is 12.5 Å². The van der Waals surface area contributed by atoms with E-state index in [1.54, 1.807) is 31.2 Å². The Morgan fingerprint density at radius 3 is 2.21 bits per heavy atom. The number of carbonyl (C=O) groups is 2. The summed E-state index contributed by atoms with van der Waals surface area (Å²) in [4.78, 5) is 27.3. The second-order valence-electron chi connectivity index (χ2n) is 11.5. The van der Waals surface area contributed by atoms with Crippen LogP contribution in [0.25, 0.3) is 0 Å². The fraction of sp³-hybridized carbons (Fsp3) is 0.353. The second-order valence-corrected chi connectivity index (χ2v) is 11.5. The average molecular weight is 659 g/mol. The number of fused-ring (bicyclic) bond motifs is 3. The number of nitrogens with one attached hydrogen (secondary N) is 1. The summed E-state index contributed by atoms with van der Waals surface area (Å²) in [5, 5.41) is 11.5. The maximum Gasteiger partial charge on any atom is 0.310 e.